The Kier molecular flexibility index (Phi) is 5.05. The second-order valence-corrected chi connectivity index (χ2v) is 7.32. The van der Waals surface area contributed by atoms with E-state index in [0.29, 0.717) is 18.2 Å². The van der Waals surface area contributed by atoms with Crippen molar-refractivity contribution in [1.29, 1.82) is 0 Å². The Labute approximate surface area is 160 Å². The van der Waals surface area contributed by atoms with Gasteiger partial charge in [-0.15, -0.1) is 0 Å². The fraction of sp³-hybridized carbons (Fsp3) is 0.250. The number of aromatic amines is 1. The summed E-state index contributed by atoms with van der Waals surface area (Å²) in [6.45, 7) is 2.14. The molecule has 3 aromatic rings. The predicted molar refractivity (Wildman–Crippen MR) is 104 cm³/mol. The molecule has 1 aromatic carbocycles. The zero-order chi connectivity index (χ0) is 18.8. The van der Waals surface area contributed by atoms with Crippen LogP contribution in [0.4, 0.5) is 4.39 Å². The van der Waals surface area contributed by atoms with E-state index in [1.807, 2.05) is 30.7 Å². The number of hydrogen-bond donors (Lipinski definition) is 1. The van der Waals surface area contributed by atoms with Gasteiger partial charge in [-0.25, -0.2) is 9.37 Å². The number of aromatic nitrogens is 3. The summed E-state index contributed by atoms with van der Waals surface area (Å²) in [5, 5.41) is 0.671. The average molecular weight is 382 g/mol. The van der Waals surface area contributed by atoms with Gasteiger partial charge in [0.15, 0.2) is 5.16 Å². The first-order chi connectivity index (χ1) is 13.1. The lowest BCUT2D eigenvalue weighted by Gasteiger charge is -2.27. The minimum absolute atomic E-state index is 0.0476. The van der Waals surface area contributed by atoms with Gasteiger partial charge in [0.2, 0.25) is 0 Å². The third-order valence-electron chi connectivity index (χ3n) is 4.67. The van der Waals surface area contributed by atoms with E-state index in [1.54, 1.807) is 6.07 Å². The molecule has 7 heteroatoms. The van der Waals surface area contributed by atoms with Crippen LogP contribution in [0, 0.1) is 5.82 Å². The average Bonchev–Trinajstić information content (AvgIpc) is 2.69. The largest absolute Gasteiger partial charge is 0.301 e. The van der Waals surface area contributed by atoms with Crippen LogP contribution >= 0.6 is 11.8 Å². The van der Waals surface area contributed by atoms with Crippen LogP contribution in [0.1, 0.15) is 16.8 Å². The second-order valence-electron chi connectivity index (χ2n) is 6.52. The molecule has 1 N–H and O–H groups in total. The molecule has 0 atom stereocenters. The van der Waals surface area contributed by atoms with Gasteiger partial charge in [-0.2, -0.15) is 0 Å². The molecule has 5 nitrogen and oxygen atoms in total. The topological polar surface area (TPSA) is 61.9 Å². The number of nitrogens with one attached hydrogen (secondary N) is 1. The maximum atomic E-state index is 13.4. The van der Waals surface area contributed by atoms with Gasteiger partial charge in [0.25, 0.3) is 5.56 Å². The van der Waals surface area contributed by atoms with Crippen LogP contribution in [-0.4, -0.2) is 32.7 Å². The number of halogens is 1. The molecule has 0 aliphatic carbocycles. The lowest BCUT2D eigenvalue weighted by Crippen LogP contribution is -2.35. The van der Waals surface area contributed by atoms with Crippen molar-refractivity contribution in [3.8, 4) is 11.3 Å². The fourth-order valence-electron chi connectivity index (χ4n) is 3.28. The number of hydrogen-bond acceptors (Lipinski definition) is 5. The van der Waals surface area contributed by atoms with E-state index in [2.05, 4.69) is 19.9 Å². The van der Waals surface area contributed by atoms with Crippen molar-refractivity contribution < 1.29 is 4.39 Å². The summed E-state index contributed by atoms with van der Waals surface area (Å²) in [4.78, 5) is 26.3. The lowest BCUT2D eigenvalue weighted by molar-refractivity contribution is 0.240. The number of rotatable bonds is 4. The van der Waals surface area contributed by atoms with Crippen molar-refractivity contribution >= 4 is 11.8 Å². The molecule has 0 saturated carbocycles. The predicted octanol–water partition coefficient (Wildman–Crippen LogP) is 3.25. The van der Waals surface area contributed by atoms with Gasteiger partial charge < -0.3 is 4.98 Å². The molecule has 3 heterocycles. The maximum Gasteiger partial charge on any atom is 0.256 e. The van der Waals surface area contributed by atoms with Crippen LogP contribution < -0.4 is 5.56 Å². The van der Waals surface area contributed by atoms with Crippen LogP contribution in [0.25, 0.3) is 11.3 Å². The molecule has 0 amide bonds. The monoisotopic (exact) mass is 382 g/mol. The molecule has 0 radical (unpaired) electrons. The zero-order valence-electron chi connectivity index (χ0n) is 14.9. The minimum atomic E-state index is -0.270. The quantitative estimate of drug-likeness (QED) is 0.554. The SMILES string of the molecule is CSc1nc2c(c(=O)[nH]1)CN(Cc1ccc(-c3cccc(F)c3)nc1)CC2. The Morgan fingerprint density at radius 2 is 2.19 bits per heavy atom. The Morgan fingerprint density at radius 3 is 2.93 bits per heavy atom. The van der Waals surface area contributed by atoms with E-state index in [0.717, 1.165) is 41.0 Å². The van der Waals surface area contributed by atoms with Gasteiger partial charge in [0.1, 0.15) is 5.82 Å². The normalized spacial score (nSPS) is 14.1. The van der Waals surface area contributed by atoms with Crippen molar-refractivity contribution in [3.05, 3.63) is 75.6 Å². The number of H-pyrrole nitrogens is 1. The standard InChI is InChI=1S/C20H19FN4OS/c1-27-20-23-18-7-8-25(12-16(18)19(26)24-20)11-13-5-6-17(22-10-13)14-3-2-4-15(21)9-14/h2-6,9-10H,7-8,11-12H2,1H3,(H,23,24,26). The van der Waals surface area contributed by atoms with Crippen molar-refractivity contribution in [2.24, 2.45) is 0 Å². The molecule has 0 fully saturated rings. The van der Waals surface area contributed by atoms with E-state index >= 15 is 0 Å². The van der Waals surface area contributed by atoms with Crippen LogP contribution in [0.2, 0.25) is 0 Å². The van der Waals surface area contributed by atoms with Crippen LogP contribution in [-0.2, 0) is 19.5 Å². The summed E-state index contributed by atoms with van der Waals surface area (Å²) < 4.78 is 13.4. The van der Waals surface area contributed by atoms with E-state index in [-0.39, 0.29) is 11.4 Å². The van der Waals surface area contributed by atoms with Crippen LogP contribution in [0.15, 0.2) is 52.5 Å². The smallest absolute Gasteiger partial charge is 0.256 e. The number of thioether (sulfide) groups is 1. The molecule has 0 bridgehead atoms. The molecule has 0 spiro atoms. The van der Waals surface area contributed by atoms with Crippen LogP contribution in [0.5, 0.6) is 0 Å². The first kappa shape index (κ1) is 17.9. The van der Waals surface area contributed by atoms with E-state index < -0.39 is 0 Å². The van der Waals surface area contributed by atoms with Crippen molar-refractivity contribution in [2.75, 3.05) is 12.8 Å². The van der Waals surface area contributed by atoms with Gasteiger partial charge in [-0.3, -0.25) is 14.7 Å². The Hall–Kier alpha value is -2.51. The highest BCUT2D eigenvalue weighted by Crippen LogP contribution is 2.21. The molecule has 0 unspecified atom stereocenters. The highest BCUT2D eigenvalue weighted by molar-refractivity contribution is 7.98. The zero-order valence-corrected chi connectivity index (χ0v) is 15.7. The summed E-state index contributed by atoms with van der Waals surface area (Å²) in [7, 11) is 0. The number of pyridine rings is 1. The Bertz CT molecular complexity index is 1020. The molecule has 27 heavy (non-hydrogen) atoms. The minimum Gasteiger partial charge on any atom is -0.301 e. The summed E-state index contributed by atoms with van der Waals surface area (Å²) in [5.41, 5.74) is 4.17. The molecule has 1 aliphatic heterocycles. The van der Waals surface area contributed by atoms with E-state index in [9.17, 15) is 9.18 Å². The molecule has 4 rings (SSSR count). The molecular weight excluding hydrogens is 363 g/mol. The van der Waals surface area contributed by atoms with Gasteiger partial charge in [0, 0.05) is 37.8 Å². The lowest BCUT2D eigenvalue weighted by atomic mass is 10.1. The number of nitrogens with zero attached hydrogens (tertiary/aromatic N) is 3. The fourth-order valence-corrected chi connectivity index (χ4v) is 3.68. The molecule has 0 saturated heterocycles. The number of benzene rings is 1. The molecule has 1 aliphatic rings. The van der Waals surface area contributed by atoms with Crippen molar-refractivity contribution in [1.82, 2.24) is 19.9 Å². The third kappa shape index (κ3) is 3.94. The highest BCUT2D eigenvalue weighted by atomic mass is 32.2. The first-order valence-electron chi connectivity index (χ1n) is 8.71. The third-order valence-corrected chi connectivity index (χ3v) is 5.25. The van der Waals surface area contributed by atoms with Gasteiger partial charge in [-0.05, 0) is 30.0 Å². The summed E-state index contributed by atoms with van der Waals surface area (Å²) in [5.74, 6) is -0.270. The Morgan fingerprint density at radius 1 is 1.30 bits per heavy atom. The van der Waals surface area contributed by atoms with Gasteiger partial charge >= 0.3 is 0 Å². The maximum absolute atomic E-state index is 13.4. The molecule has 2 aromatic heterocycles. The summed E-state index contributed by atoms with van der Waals surface area (Å²) >= 11 is 1.45. The molecular formula is C20H19FN4OS. The van der Waals surface area contributed by atoms with E-state index in [4.69, 9.17) is 0 Å². The van der Waals surface area contributed by atoms with E-state index in [1.165, 1.54) is 23.9 Å². The summed E-state index contributed by atoms with van der Waals surface area (Å²) in [6, 6.07) is 10.3. The highest BCUT2D eigenvalue weighted by Gasteiger charge is 2.21. The van der Waals surface area contributed by atoms with Crippen LogP contribution in [0.3, 0.4) is 0 Å². The Balaban J connectivity index is 1.48. The number of fused-ring (bicyclic) bond motifs is 1. The summed E-state index contributed by atoms with van der Waals surface area (Å²) in [6.07, 6.45) is 4.48. The van der Waals surface area contributed by atoms with Crippen molar-refractivity contribution in [2.45, 2.75) is 24.7 Å². The molecule has 138 valence electrons. The van der Waals surface area contributed by atoms with Crippen molar-refractivity contribution in [3.63, 3.8) is 0 Å². The first-order valence-corrected chi connectivity index (χ1v) is 9.94. The van der Waals surface area contributed by atoms with Gasteiger partial charge in [-0.1, -0.05) is 30.0 Å². The van der Waals surface area contributed by atoms with Gasteiger partial charge in [0.05, 0.1) is 17.0 Å². The second kappa shape index (κ2) is 7.62.